The average molecular weight is 301 g/mol. The Hall–Kier alpha value is -2.08. The first-order valence-electron chi connectivity index (χ1n) is 7.63. The molecule has 1 aromatic heterocycles. The van der Waals surface area contributed by atoms with Crippen LogP contribution >= 0.6 is 0 Å². The molecule has 1 aromatic carbocycles. The highest BCUT2D eigenvalue weighted by Gasteiger charge is 2.39. The first kappa shape index (κ1) is 13.6. The highest BCUT2D eigenvalue weighted by molar-refractivity contribution is 5.52. The molecule has 6 heteroatoms. The van der Waals surface area contributed by atoms with Crippen LogP contribution in [0, 0.1) is 0 Å². The van der Waals surface area contributed by atoms with Gasteiger partial charge in [0.1, 0.15) is 11.8 Å². The maximum atomic E-state index is 12.9. The van der Waals surface area contributed by atoms with E-state index < -0.39 is 5.60 Å². The molecule has 0 atom stereocenters. The molecule has 0 unspecified atom stereocenters. The Morgan fingerprint density at radius 2 is 2.14 bits per heavy atom. The minimum absolute atomic E-state index is 0.0270. The van der Waals surface area contributed by atoms with Gasteiger partial charge in [-0.25, -0.2) is 14.0 Å². The lowest BCUT2D eigenvalue weighted by atomic mass is 10.0. The Bertz CT molecular complexity index is 799. The van der Waals surface area contributed by atoms with Crippen molar-refractivity contribution < 1.29 is 9.47 Å². The number of hydrogen-bond donors (Lipinski definition) is 0. The average Bonchev–Trinajstić information content (AvgIpc) is 2.76. The van der Waals surface area contributed by atoms with Gasteiger partial charge in [0, 0.05) is 0 Å². The molecule has 0 bridgehead atoms. The lowest BCUT2D eigenvalue weighted by molar-refractivity contribution is -0.0308. The van der Waals surface area contributed by atoms with Gasteiger partial charge in [-0.05, 0) is 38.0 Å². The number of aryl methyl sites for hydroxylation is 1. The highest BCUT2D eigenvalue weighted by atomic mass is 16.5. The summed E-state index contributed by atoms with van der Waals surface area (Å²) in [5.74, 6) is 1.37. The fourth-order valence-corrected chi connectivity index (χ4v) is 2.96. The lowest BCUT2D eigenvalue weighted by Crippen LogP contribution is -2.39. The lowest BCUT2D eigenvalue weighted by Gasteiger charge is -2.31. The molecule has 0 amide bonds. The van der Waals surface area contributed by atoms with Crippen molar-refractivity contribution in [2.75, 3.05) is 13.2 Å². The minimum Gasteiger partial charge on any atom is -0.478 e. The molecule has 116 valence electrons. The molecule has 6 nitrogen and oxygen atoms in total. The maximum Gasteiger partial charge on any atom is 0.351 e. The quantitative estimate of drug-likeness (QED) is 0.848. The van der Waals surface area contributed by atoms with E-state index in [1.54, 1.807) is 4.57 Å². The Labute approximate surface area is 128 Å². The summed E-state index contributed by atoms with van der Waals surface area (Å²) >= 11 is 0. The van der Waals surface area contributed by atoms with Gasteiger partial charge in [-0.1, -0.05) is 13.0 Å². The summed E-state index contributed by atoms with van der Waals surface area (Å²) in [5, 5.41) is 4.54. The van der Waals surface area contributed by atoms with Gasteiger partial charge in [0.25, 0.3) is 0 Å². The van der Waals surface area contributed by atoms with Crippen molar-refractivity contribution in [1.82, 2.24) is 14.3 Å². The molecular weight excluding hydrogens is 282 g/mol. The zero-order valence-corrected chi connectivity index (χ0v) is 13.0. The van der Waals surface area contributed by atoms with Crippen LogP contribution in [0.1, 0.15) is 38.2 Å². The molecule has 1 saturated heterocycles. The van der Waals surface area contributed by atoms with Gasteiger partial charge in [-0.3, -0.25) is 0 Å². The van der Waals surface area contributed by atoms with E-state index in [9.17, 15) is 4.79 Å². The molecule has 0 spiro atoms. The second-order valence-electron chi connectivity index (χ2n) is 6.35. The first-order chi connectivity index (χ1) is 10.5. The predicted molar refractivity (Wildman–Crippen MR) is 80.7 cm³/mol. The van der Waals surface area contributed by atoms with E-state index in [0.717, 1.165) is 17.9 Å². The van der Waals surface area contributed by atoms with Gasteiger partial charge in [0.2, 0.25) is 0 Å². The fraction of sp³-hybridized carbons (Fsp3) is 0.500. The van der Waals surface area contributed by atoms with E-state index in [0.29, 0.717) is 19.0 Å². The second-order valence-corrected chi connectivity index (χ2v) is 6.35. The number of rotatable bonds is 2. The fourth-order valence-electron chi connectivity index (χ4n) is 2.96. The van der Waals surface area contributed by atoms with Gasteiger partial charge in [0.15, 0.2) is 11.4 Å². The Morgan fingerprint density at radius 1 is 1.36 bits per heavy atom. The van der Waals surface area contributed by atoms with E-state index >= 15 is 0 Å². The molecule has 0 aliphatic carbocycles. The summed E-state index contributed by atoms with van der Waals surface area (Å²) in [6.45, 7) is 7.04. The third kappa shape index (κ3) is 1.76. The summed E-state index contributed by atoms with van der Waals surface area (Å²) in [4.78, 5) is 12.9. The number of benzene rings is 1. The summed E-state index contributed by atoms with van der Waals surface area (Å²) in [5.41, 5.74) is 1.19. The van der Waals surface area contributed by atoms with Crippen molar-refractivity contribution in [2.24, 2.45) is 0 Å². The molecule has 4 rings (SSSR count). The smallest absolute Gasteiger partial charge is 0.351 e. The van der Waals surface area contributed by atoms with Gasteiger partial charge >= 0.3 is 5.69 Å². The van der Waals surface area contributed by atoms with E-state index in [1.807, 2.05) is 32.0 Å². The van der Waals surface area contributed by atoms with E-state index in [2.05, 4.69) is 12.0 Å². The number of fused-ring (bicyclic) bond motifs is 3. The zero-order valence-electron chi connectivity index (χ0n) is 13.0. The van der Waals surface area contributed by atoms with Crippen LogP contribution in [0.2, 0.25) is 0 Å². The normalized spacial score (nSPS) is 19.0. The standard InChI is InChI=1S/C16H19N3O3/c1-4-10-5-6-13-12(7-10)18-14(16(2,3)22-13)17-19(15(18)20)11-8-21-9-11/h5-7,11H,4,8-9H2,1-3H3. The molecule has 0 radical (unpaired) electrons. The van der Waals surface area contributed by atoms with Crippen molar-refractivity contribution in [3.63, 3.8) is 0 Å². The van der Waals surface area contributed by atoms with Gasteiger partial charge in [-0.15, -0.1) is 5.10 Å². The molecule has 2 aromatic rings. The molecular formula is C16H19N3O3. The monoisotopic (exact) mass is 301 g/mol. The van der Waals surface area contributed by atoms with Crippen LogP contribution in [-0.4, -0.2) is 27.6 Å². The predicted octanol–water partition coefficient (Wildman–Crippen LogP) is 1.80. The van der Waals surface area contributed by atoms with Crippen molar-refractivity contribution in [2.45, 2.75) is 38.8 Å². The highest BCUT2D eigenvalue weighted by Crippen LogP contribution is 2.37. The Kier molecular flexibility index (Phi) is 2.75. The third-order valence-corrected chi connectivity index (χ3v) is 4.34. The summed E-state index contributed by atoms with van der Waals surface area (Å²) < 4.78 is 14.5. The molecule has 1 fully saturated rings. The van der Waals surface area contributed by atoms with Crippen LogP contribution in [0.5, 0.6) is 5.75 Å². The second kappa shape index (κ2) is 4.46. The number of aromatic nitrogens is 3. The summed E-state index contributed by atoms with van der Waals surface area (Å²) in [6.07, 6.45) is 0.908. The Morgan fingerprint density at radius 3 is 2.77 bits per heavy atom. The number of ether oxygens (including phenoxy) is 2. The van der Waals surface area contributed by atoms with Crippen LogP contribution < -0.4 is 10.4 Å². The van der Waals surface area contributed by atoms with Crippen LogP contribution in [0.3, 0.4) is 0 Å². The zero-order chi connectivity index (χ0) is 15.5. The van der Waals surface area contributed by atoms with E-state index in [4.69, 9.17) is 9.47 Å². The van der Waals surface area contributed by atoms with Gasteiger partial charge in [-0.2, -0.15) is 0 Å². The molecule has 3 heterocycles. The van der Waals surface area contributed by atoms with E-state index in [1.165, 1.54) is 10.2 Å². The topological polar surface area (TPSA) is 58.3 Å². The molecule has 2 aliphatic rings. The molecule has 0 N–H and O–H groups in total. The SMILES string of the molecule is CCc1ccc2c(c1)-n1c(nn(C3COC3)c1=O)C(C)(C)O2. The van der Waals surface area contributed by atoms with Gasteiger partial charge in [0.05, 0.1) is 18.9 Å². The van der Waals surface area contributed by atoms with Crippen molar-refractivity contribution in [3.05, 3.63) is 40.1 Å². The summed E-state index contributed by atoms with van der Waals surface area (Å²) in [6, 6.07) is 6.02. The van der Waals surface area contributed by atoms with Crippen LogP contribution in [0.25, 0.3) is 5.69 Å². The van der Waals surface area contributed by atoms with Crippen molar-refractivity contribution in [1.29, 1.82) is 0 Å². The maximum absolute atomic E-state index is 12.9. The summed E-state index contributed by atoms with van der Waals surface area (Å²) in [7, 11) is 0. The van der Waals surface area contributed by atoms with Crippen LogP contribution in [-0.2, 0) is 16.8 Å². The van der Waals surface area contributed by atoms with Gasteiger partial charge < -0.3 is 9.47 Å². The van der Waals surface area contributed by atoms with E-state index in [-0.39, 0.29) is 11.7 Å². The largest absolute Gasteiger partial charge is 0.478 e. The van der Waals surface area contributed by atoms with Crippen LogP contribution in [0.15, 0.2) is 23.0 Å². The molecule has 22 heavy (non-hydrogen) atoms. The Balaban J connectivity index is 1.97. The third-order valence-electron chi connectivity index (χ3n) is 4.34. The van der Waals surface area contributed by atoms with Crippen molar-refractivity contribution in [3.8, 4) is 11.4 Å². The number of hydrogen-bond acceptors (Lipinski definition) is 4. The number of nitrogens with zero attached hydrogens (tertiary/aromatic N) is 3. The first-order valence-corrected chi connectivity index (χ1v) is 7.63. The van der Waals surface area contributed by atoms with Crippen LogP contribution in [0.4, 0.5) is 0 Å². The molecule has 0 saturated carbocycles. The van der Waals surface area contributed by atoms with Crippen molar-refractivity contribution >= 4 is 0 Å². The minimum atomic E-state index is -0.643. The molecule has 2 aliphatic heterocycles.